The van der Waals surface area contributed by atoms with E-state index in [4.69, 9.17) is 4.74 Å². The van der Waals surface area contributed by atoms with Crippen molar-refractivity contribution in [2.45, 2.75) is 59.5 Å². The third-order valence-corrected chi connectivity index (χ3v) is 3.13. The zero-order chi connectivity index (χ0) is 15.5. The Morgan fingerprint density at radius 2 is 1.75 bits per heavy atom. The van der Waals surface area contributed by atoms with E-state index in [-0.39, 0.29) is 5.97 Å². The summed E-state index contributed by atoms with van der Waals surface area (Å²) in [5.41, 5.74) is 3.33. The minimum atomic E-state index is -0.399. The Balaban J connectivity index is 3.92. The summed E-state index contributed by atoms with van der Waals surface area (Å²) in [6, 6.07) is 0. The Hall–Kier alpha value is -1.35. The van der Waals surface area contributed by atoms with Gasteiger partial charge in [-0.25, -0.2) is 0 Å². The largest absolute Gasteiger partial charge is 0.462 e. The zero-order valence-electron chi connectivity index (χ0n) is 13.2. The number of hydrogen-bond donors (Lipinski definition) is 1. The number of aliphatic hydroxyl groups excluding tert-OH is 1. The molecular weight excluding hydrogens is 252 g/mol. The van der Waals surface area contributed by atoms with Gasteiger partial charge in [0.05, 0.1) is 6.10 Å². The average Bonchev–Trinajstić information content (AvgIpc) is 2.35. The van der Waals surface area contributed by atoms with Gasteiger partial charge in [0.25, 0.3) is 0 Å². The van der Waals surface area contributed by atoms with Crippen LogP contribution in [0.2, 0.25) is 0 Å². The van der Waals surface area contributed by atoms with Crippen molar-refractivity contribution in [2.24, 2.45) is 0 Å². The van der Waals surface area contributed by atoms with Crippen LogP contribution >= 0.6 is 0 Å². The fourth-order valence-corrected chi connectivity index (χ4v) is 1.66. The second kappa shape index (κ2) is 10.4. The molecule has 0 aromatic carbocycles. The topological polar surface area (TPSA) is 46.5 Å². The van der Waals surface area contributed by atoms with Crippen LogP contribution in [0.5, 0.6) is 0 Å². The molecule has 0 aliphatic carbocycles. The van der Waals surface area contributed by atoms with Crippen LogP contribution in [-0.2, 0) is 9.53 Å². The van der Waals surface area contributed by atoms with Gasteiger partial charge in [-0.2, -0.15) is 0 Å². The number of esters is 1. The third-order valence-electron chi connectivity index (χ3n) is 3.13. The van der Waals surface area contributed by atoms with Crippen LogP contribution in [-0.4, -0.2) is 23.8 Å². The van der Waals surface area contributed by atoms with Crippen molar-refractivity contribution >= 4 is 5.97 Å². The number of hydrogen-bond acceptors (Lipinski definition) is 3. The molecule has 0 aliphatic rings. The Labute approximate surface area is 123 Å². The predicted molar refractivity (Wildman–Crippen MR) is 83.4 cm³/mol. The van der Waals surface area contributed by atoms with Gasteiger partial charge in [-0.3, -0.25) is 4.79 Å². The number of carbonyl (C=O) groups excluding carboxylic acids is 1. The van der Waals surface area contributed by atoms with Crippen molar-refractivity contribution < 1.29 is 14.6 Å². The molecule has 0 bridgehead atoms. The summed E-state index contributed by atoms with van der Waals surface area (Å²) >= 11 is 0. The van der Waals surface area contributed by atoms with Crippen molar-refractivity contribution in [3.05, 3.63) is 35.5 Å². The fourth-order valence-electron chi connectivity index (χ4n) is 1.66. The van der Waals surface area contributed by atoms with Crippen LogP contribution in [0.25, 0.3) is 0 Å². The SMILES string of the molecule is C=C(C)C(O)CC/C(C)=C/CC/C(C)=C\COC(C)=O. The van der Waals surface area contributed by atoms with E-state index < -0.39 is 6.10 Å². The van der Waals surface area contributed by atoms with Gasteiger partial charge in [0.15, 0.2) is 0 Å². The number of aliphatic hydroxyl groups is 1. The molecule has 0 radical (unpaired) electrons. The molecule has 0 saturated heterocycles. The van der Waals surface area contributed by atoms with Crippen molar-refractivity contribution in [3.8, 4) is 0 Å². The maximum atomic E-state index is 10.6. The number of allylic oxidation sites excluding steroid dienone is 3. The van der Waals surface area contributed by atoms with Gasteiger partial charge in [-0.1, -0.05) is 29.4 Å². The van der Waals surface area contributed by atoms with Gasteiger partial charge in [0.1, 0.15) is 6.61 Å². The lowest BCUT2D eigenvalue weighted by molar-refractivity contribution is -0.139. The second-order valence-corrected chi connectivity index (χ2v) is 5.34. The minimum absolute atomic E-state index is 0.249. The van der Waals surface area contributed by atoms with E-state index in [0.29, 0.717) is 6.61 Å². The van der Waals surface area contributed by atoms with Gasteiger partial charge in [-0.05, 0) is 52.5 Å². The van der Waals surface area contributed by atoms with E-state index in [1.54, 1.807) is 0 Å². The molecule has 0 heterocycles. The quantitative estimate of drug-likeness (QED) is 0.514. The number of carbonyl (C=O) groups is 1. The Morgan fingerprint density at radius 3 is 2.30 bits per heavy atom. The third kappa shape index (κ3) is 10.6. The molecule has 0 spiro atoms. The highest BCUT2D eigenvalue weighted by atomic mass is 16.5. The molecule has 3 nitrogen and oxygen atoms in total. The van der Waals surface area contributed by atoms with Crippen LogP contribution in [0.15, 0.2) is 35.5 Å². The molecular formula is C17H28O3. The van der Waals surface area contributed by atoms with Crippen LogP contribution in [0, 0.1) is 0 Å². The number of ether oxygens (including phenoxy) is 1. The molecule has 20 heavy (non-hydrogen) atoms. The maximum Gasteiger partial charge on any atom is 0.302 e. The average molecular weight is 280 g/mol. The van der Waals surface area contributed by atoms with Gasteiger partial charge in [0, 0.05) is 6.92 Å². The van der Waals surface area contributed by atoms with Gasteiger partial charge >= 0.3 is 5.97 Å². The molecule has 0 aliphatic heterocycles. The van der Waals surface area contributed by atoms with E-state index in [1.807, 2.05) is 19.9 Å². The lowest BCUT2D eigenvalue weighted by Crippen LogP contribution is -2.06. The first kappa shape index (κ1) is 18.7. The zero-order valence-corrected chi connectivity index (χ0v) is 13.2. The molecule has 0 aromatic heterocycles. The Morgan fingerprint density at radius 1 is 1.15 bits per heavy atom. The van der Waals surface area contributed by atoms with Gasteiger partial charge in [0.2, 0.25) is 0 Å². The summed E-state index contributed by atoms with van der Waals surface area (Å²) in [6.07, 6.45) is 7.30. The van der Waals surface area contributed by atoms with E-state index in [0.717, 1.165) is 31.3 Å². The highest BCUT2D eigenvalue weighted by Gasteiger charge is 2.03. The summed E-state index contributed by atoms with van der Waals surface area (Å²) in [4.78, 5) is 10.6. The summed E-state index contributed by atoms with van der Waals surface area (Å²) < 4.78 is 4.86. The van der Waals surface area contributed by atoms with E-state index in [9.17, 15) is 9.90 Å². The first-order valence-electron chi connectivity index (χ1n) is 7.11. The maximum absolute atomic E-state index is 10.6. The molecule has 1 atom stereocenters. The lowest BCUT2D eigenvalue weighted by Gasteiger charge is -2.09. The van der Waals surface area contributed by atoms with Crippen molar-refractivity contribution in [2.75, 3.05) is 6.61 Å². The monoisotopic (exact) mass is 280 g/mol. The molecule has 0 amide bonds. The number of rotatable bonds is 9. The smallest absolute Gasteiger partial charge is 0.302 e. The van der Waals surface area contributed by atoms with E-state index >= 15 is 0 Å². The van der Waals surface area contributed by atoms with E-state index in [1.165, 1.54) is 18.1 Å². The fraction of sp³-hybridized carbons (Fsp3) is 0.588. The normalized spacial score (nSPS) is 14.1. The van der Waals surface area contributed by atoms with Gasteiger partial charge < -0.3 is 9.84 Å². The van der Waals surface area contributed by atoms with Gasteiger partial charge in [-0.15, -0.1) is 0 Å². The molecule has 0 saturated carbocycles. The minimum Gasteiger partial charge on any atom is -0.462 e. The van der Waals surface area contributed by atoms with E-state index in [2.05, 4.69) is 19.6 Å². The van der Waals surface area contributed by atoms with Crippen molar-refractivity contribution in [3.63, 3.8) is 0 Å². The summed E-state index contributed by atoms with van der Waals surface area (Å²) in [5, 5.41) is 9.65. The van der Waals surface area contributed by atoms with Crippen LogP contribution < -0.4 is 0 Å². The van der Waals surface area contributed by atoms with Crippen molar-refractivity contribution in [1.29, 1.82) is 0 Å². The molecule has 0 fully saturated rings. The summed E-state index contributed by atoms with van der Waals surface area (Å²) in [6.45, 7) is 11.5. The highest BCUT2D eigenvalue weighted by Crippen LogP contribution is 2.13. The first-order chi connectivity index (χ1) is 9.32. The Kier molecular flexibility index (Phi) is 9.73. The second-order valence-electron chi connectivity index (χ2n) is 5.34. The van der Waals surface area contributed by atoms with Crippen molar-refractivity contribution in [1.82, 2.24) is 0 Å². The lowest BCUT2D eigenvalue weighted by atomic mass is 10.0. The highest BCUT2D eigenvalue weighted by molar-refractivity contribution is 5.66. The van der Waals surface area contributed by atoms with Crippen LogP contribution in [0.3, 0.4) is 0 Å². The molecule has 0 rings (SSSR count). The predicted octanol–water partition coefficient (Wildman–Crippen LogP) is 3.94. The molecule has 3 heteroatoms. The summed E-state index contributed by atoms with van der Waals surface area (Å²) in [5.74, 6) is -0.249. The molecule has 114 valence electrons. The first-order valence-corrected chi connectivity index (χ1v) is 7.11. The van der Waals surface area contributed by atoms with Crippen LogP contribution in [0.4, 0.5) is 0 Å². The molecule has 1 unspecified atom stereocenters. The van der Waals surface area contributed by atoms with Crippen LogP contribution in [0.1, 0.15) is 53.4 Å². The Bertz CT molecular complexity index is 378. The molecule has 0 aromatic rings. The standard InChI is InChI=1S/C17H28O3/c1-13(2)17(19)10-9-14(3)7-6-8-15(4)11-12-20-16(5)18/h7,11,17,19H,1,6,8-10,12H2,2-5H3/b14-7+,15-11-. The summed E-state index contributed by atoms with van der Waals surface area (Å²) in [7, 11) is 0. The molecule has 1 N–H and O–H groups in total.